The first-order chi connectivity index (χ1) is 8.48. The second-order valence-electron chi connectivity index (χ2n) is 5.60. The standard InChI is InChI=1S/C15H22N2O/c1-11-5-3-6-13(9-11)12(2)17-14(18)10-15(16)7-4-8-15/h3,5-6,9,12H,4,7-8,10,16H2,1-2H3,(H,17,18)/t12-/m1/s1. The molecule has 1 aromatic carbocycles. The maximum Gasteiger partial charge on any atom is 0.222 e. The van der Waals surface area contributed by atoms with Crippen molar-refractivity contribution >= 4 is 5.91 Å². The van der Waals surface area contributed by atoms with Crippen LogP contribution in [0.3, 0.4) is 0 Å². The molecule has 3 nitrogen and oxygen atoms in total. The van der Waals surface area contributed by atoms with Gasteiger partial charge in [-0.05, 0) is 38.7 Å². The quantitative estimate of drug-likeness (QED) is 0.857. The first-order valence-electron chi connectivity index (χ1n) is 6.63. The van der Waals surface area contributed by atoms with Crippen molar-refractivity contribution in [1.29, 1.82) is 0 Å². The summed E-state index contributed by atoms with van der Waals surface area (Å²) >= 11 is 0. The Morgan fingerprint density at radius 2 is 2.22 bits per heavy atom. The van der Waals surface area contributed by atoms with Crippen LogP contribution in [0, 0.1) is 6.92 Å². The number of aryl methyl sites for hydroxylation is 1. The number of rotatable bonds is 4. The van der Waals surface area contributed by atoms with Gasteiger partial charge in [0.05, 0.1) is 6.04 Å². The van der Waals surface area contributed by atoms with E-state index in [4.69, 9.17) is 5.73 Å². The molecule has 0 saturated heterocycles. The minimum atomic E-state index is -0.240. The highest BCUT2D eigenvalue weighted by atomic mass is 16.1. The van der Waals surface area contributed by atoms with Gasteiger partial charge in [0.2, 0.25) is 5.91 Å². The topological polar surface area (TPSA) is 55.1 Å². The molecule has 1 aliphatic rings. The molecule has 1 aromatic rings. The minimum Gasteiger partial charge on any atom is -0.350 e. The molecule has 1 amide bonds. The molecule has 1 fully saturated rings. The zero-order valence-electron chi connectivity index (χ0n) is 11.2. The summed E-state index contributed by atoms with van der Waals surface area (Å²) in [6.45, 7) is 4.07. The molecule has 0 heterocycles. The van der Waals surface area contributed by atoms with E-state index in [1.165, 1.54) is 5.56 Å². The van der Waals surface area contributed by atoms with Crippen molar-refractivity contribution in [3.05, 3.63) is 35.4 Å². The Hall–Kier alpha value is -1.35. The average Bonchev–Trinajstić information content (AvgIpc) is 2.26. The molecule has 0 spiro atoms. The van der Waals surface area contributed by atoms with Crippen LogP contribution in [0.25, 0.3) is 0 Å². The van der Waals surface area contributed by atoms with Crippen molar-refractivity contribution in [2.45, 2.75) is 51.1 Å². The Kier molecular flexibility index (Phi) is 3.71. The van der Waals surface area contributed by atoms with E-state index in [0.29, 0.717) is 6.42 Å². The fourth-order valence-electron chi connectivity index (χ4n) is 2.44. The van der Waals surface area contributed by atoms with Crippen molar-refractivity contribution in [3.63, 3.8) is 0 Å². The van der Waals surface area contributed by atoms with Crippen molar-refractivity contribution in [1.82, 2.24) is 5.32 Å². The van der Waals surface area contributed by atoms with Gasteiger partial charge in [-0.1, -0.05) is 29.8 Å². The van der Waals surface area contributed by atoms with Crippen LogP contribution in [0.15, 0.2) is 24.3 Å². The monoisotopic (exact) mass is 246 g/mol. The summed E-state index contributed by atoms with van der Waals surface area (Å²) in [5.41, 5.74) is 8.19. The van der Waals surface area contributed by atoms with Crippen LogP contribution in [-0.2, 0) is 4.79 Å². The number of benzene rings is 1. The number of amides is 1. The second-order valence-corrected chi connectivity index (χ2v) is 5.60. The number of carbonyl (C=O) groups is 1. The van der Waals surface area contributed by atoms with Crippen LogP contribution in [-0.4, -0.2) is 11.4 Å². The van der Waals surface area contributed by atoms with Crippen molar-refractivity contribution in [2.75, 3.05) is 0 Å². The van der Waals surface area contributed by atoms with Gasteiger partial charge in [-0.25, -0.2) is 0 Å². The lowest BCUT2D eigenvalue weighted by atomic mass is 9.75. The lowest BCUT2D eigenvalue weighted by Crippen LogP contribution is -2.50. The van der Waals surface area contributed by atoms with Crippen molar-refractivity contribution in [3.8, 4) is 0 Å². The summed E-state index contributed by atoms with van der Waals surface area (Å²) in [7, 11) is 0. The van der Waals surface area contributed by atoms with Gasteiger partial charge >= 0.3 is 0 Å². The van der Waals surface area contributed by atoms with Gasteiger partial charge in [0.15, 0.2) is 0 Å². The molecule has 1 atom stereocenters. The first kappa shape index (κ1) is 13.1. The third-order valence-electron chi connectivity index (χ3n) is 3.78. The van der Waals surface area contributed by atoms with Crippen molar-refractivity contribution < 1.29 is 4.79 Å². The number of nitrogens with one attached hydrogen (secondary N) is 1. The Morgan fingerprint density at radius 3 is 2.78 bits per heavy atom. The maximum absolute atomic E-state index is 11.9. The van der Waals surface area contributed by atoms with Gasteiger partial charge in [0.25, 0.3) is 0 Å². The number of nitrogens with two attached hydrogens (primary N) is 1. The predicted molar refractivity (Wildman–Crippen MR) is 73.1 cm³/mol. The van der Waals surface area contributed by atoms with E-state index < -0.39 is 0 Å². The highest BCUT2D eigenvalue weighted by Gasteiger charge is 2.34. The van der Waals surface area contributed by atoms with E-state index in [-0.39, 0.29) is 17.5 Å². The van der Waals surface area contributed by atoms with Crippen LogP contribution in [0.1, 0.15) is 49.8 Å². The van der Waals surface area contributed by atoms with Gasteiger partial charge in [-0.3, -0.25) is 4.79 Å². The van der Waals surface area contributed by atoms with Gasteiger partial charge in [0, 0.05) is 12.0 Å². The molecule has 0 bridgehead atoms. The maximum atomic E-state index is 11.9. The summed E-state index contributed by atoms with van der Waals surface area (Å²) < 4.78 is 0. The molecule has 0 radical (unpaired) electrons. The average molecular weight is 246 g/mol. The molecule has 0 unspecified atom stereocenters. The molecule has 2 rings (SSSR count). The molecular weight excluding hydrogens is 224 g/mol. The molecule has 1 aliphatic carbocycles. The van der Waals surface area contributed by atoms with Crippen LogP contribution in [0.4, 0.5) is 0 Å². The molecule has 1 saturated carbocycles. The van der Waals surface area contributed by atoms with Crippen LogP contribution in [0.2, 0.25) is 0 Å². The SMILES string of the molecule is Cc1cccc([C@@H](C)NC(=O)CC2(N)CCC2)c1. The zero-order valence-corrected chi connectivity index (χ0v) is 11.2. The van der Waals surface area contributed by atoms with Crippen LogP contribution in [0.5, 0.6) is 0 Å². The highest BCUT2D eigenvalue weighted by molar-refractivity contribution is 5.77. The normalized spacial score (nSPS) is 18.8. The largest absolute Gasteiger partial charge is 0.350 e. The van der Waals surface area contributed by atoms with Gasteiger partial charge in [0.1, 0.15) is 0 Å². The molecule has 0 aliphatic heterocycles. The molecular formula is C15H22N2O. The number of hydrogen-bond donors (Lipinski definition) is 2. The summed E-state index contributed by atoms with van der Waals surface area (Å²) in [5.74, 6) is 0.0613. The van der Waals surface area contributed by atoms with Crippen LogP contribution >= 0.6 is 0 Å². The van der Waals surface area contributed by atoms with Gasteiger partial charge in [-0.15, -0.1) is 0 Å². The smallest absolute Gasteiger partial charge is 0.222 e. The lowest BCUT2D eigenvalue weighted by Gasteiger charge is -2.37. The molecule has 0 aromatic heterocycles. The van der Waals surface area contributed by atoms with E-state index in [0.717, 1.165) is 24.8 Å². The number of hydrogen-bond acceptors (Lipinski definition) is 2. The second kappa shape index (κ2) is 5.11. The van der Waals surface area contributed by atoms with Gasteiger partial charge in [-0.2, -0.15) is 0 Å². The molecule has 98 valence electrons. The van der Waals surface area contributed by atoms with E-state index in [1.807, 2.05) is 19.1 Å². The Morgan fingerprint density at radius 1 is 1.50 bits per heavy atom. The summed E-state index contributed by atoms with van der Waals surface area (Å²) in [6, 6.07) is 8.26. The number of carbonyl (C=O) groups excluding carboxylic acids is 1. The third kappa shape index (κ3) is 3.10. The molecule has 3 heteroatoms. The lowest BCUT2D eigenvalue weighted by molar-refractivity contribution is -0.123. The summed E-state index contributed by atoms with van der Waals surface area (Å²) in [6.07, 6.45) is 3.54. The third-order valence-corrected chi connectivity index (χ3v) is 3.78. The van der Waals surface area contributed by atoms with E-state index in [1.54, 1.807) is 0 Å². The Bertz CT molecular complexity index is 438. The highest BCUT2D eigenvalue weighted by Crippen LogP contribution is 2.32. The van der Waals surface area contributed by atoms with Crippen molar-refractivity contribution in [2.24, 2.45) is 5.73 Å². The Labute approximate surface area is 109 Å². The van der Waals surface area contributed by atoms with E-state index in [2.05, 4.69) is 24.4 Å². The molecule has 18 heavy (non-hydrogen) atoms. The van der Waals surface area contributed by atoms with E-state index >= 15 is 0 Å². The summed E-state index contributed by atoms with van der Waals surface area (Å²) in [5, 5.41) is 3.03. The fraction of sp³-hybridized carbons (Fsp3) is 0.533. The zero-order chi connectivity index (χ0) is 13.2. The summed E-state index contributed by atoms with van der Waals surface area (Å²) in [4.78, 5) is 11.9. The van der Waals surface area contributed by atoms with E-state index in [9.17, 15) is 4.79 Å². The first-order valence-corrected chi connectivity index (χ1v) is 6.63. The molecule has 3 N–H and O–H groups in total. The Balaban J connectivity index is 1.90. The van der Waals surface area contributed by atoms with Crippen LogP contribution < -0.4 is 11.1 Å². The predicted octanol–water partition coefficient (Wildman–Crippen LogP) is 2.44. The van der Waals surface area contributed by atoms with Gasteiger partial charge < -0.3 is 11.1 Å². The minimum absolute atomic E-state index is 0.0427. The fourth-order valence-corrected chi connectivity index (χ4v) is 2.44.